The van der Waals surface area contributed by atoms with Crippen LogP contribution in [0.5, 0.6) is 0 Å². The van der Waals surface area contributed by atoms with Crippen LogP contribution in [0, 0.1) is 6.92 Å². The Morgan fingerprint density at radius 3 is 2.08 bits per heavy atom. The van der Waals surface area contributed by atoms with Crippen molar-refractivity contribution < 1.29 is 13.2 Å². The van der Waals surface area contributed by atoms with Gasteiger partial charge in [-0.15, -0.1) is 0 Å². The SMILES string of the molecule is Cc1ccc(S(=O)(=O)C=O)cc1. The third kappa shape index (κ3) is 1.71. The Bertz CT molecular complexity index is 375. The van der Waals surface area contributed by atoms with Gasteiger partial charge in [0.05, 0.1) is 4.90 Å². The first-order valence-corrected chi connectivity index (χ1v) is 4.88. The number of sulfone groups is 1. The Hall–Kier alpha value is -1.16. The van der Waals surface area contributed by atoms with Crippen molar-refractivity contribution in [2.45, 2.75) is 11.8 Å². The maximum absolute atomic E-state index is 10.9. The van der Waals surface area contributed by atoms with E-state index in [1.807, 2.05) is 6.92 Å². The summed E-state index contributed by atoms with van der Waals surface area (Å²) < 4.78 is 21.9. The lowest BCUT2D eigenvalue weighted by Crippen LogP contribution is -2.00. The molecule has 0 aliphatic heterocycles. The summed E-state index contributed by atoms with van der Waals surface area (Å²) in [5.41, 5.74) is 0.914. The van der Waals surface area contributed by atoms with E-state index in [4.69, 9.17) is 0 Å². The normalized spacial score (nSPS) is 11.1. The highest BCUT2D eigenvalue weighted by Crippen LogP contribution is 2.09. The number of hydrogen-bond donors (Lipinski definition) is 0. The van der Waals surface area contributed by atoms with Gasteiger partial charge in [-0.25, -0.2) is 8.42 Å². The highest BCUT2D eigenvalue weighted by molar-refractivity contribution is 8.04. The number of carbonyl (C=O) groups is 1. The largest absolute Gasteiger partial charge is 0.285 e. The molecule has 0 spiro atoms. The summed E-state index contributed by atoms with van der Waals surface area (Å²) in [5, 5.41) is 0. The molecule has 1 aromatic carbocycles. The highest BCUT2D eigenvalue weighted by Gasteiger charge is 2.10. The molecule has 0 aromatic heterocycles. The zero-order valence-electron chi connectivity index (χ0n) is 6.52. The number of hydrogen-bond acceptors (Lipinski definition) is 3. The second-order valence-electron chi connectivity index (χ2n) is 2.45. The summed E-state index contributed by atoms with van der Waals surface area (Å²) in [5.74, 6) is 0. The first-order valence-electron chi connectivity index (χ1n) is 3.33. The lowest BCUT2D eigenvalue weighted by molar-refractivity contribution is 0.556. The van der Waals surface area contributed by atoms with E-state index >= 15 is 0 Å². The van der Waals surface area contributed by atoms with E-state index in [9.17, 15) is 13.2 Å². The van der Waals surface area contributed by atoms with Crippen molar-refractivity contribution >= 4 is 15.5 Å². The summed E-state index contributed by atoms with van der Waals surface area (Å²) in [4.78, 5) is 10.2. The van der Waals surface area contributed by atoms with Crippen LogP contribution in [0.1, 0.15) is 5.56 Å². The van der Waals surface area contributed by atoms with E-state index in [1.54, 1.807) is 12.1 Å². The summed E-state index contributed by atoms with van der Waals surface area (Å²) >= 11 is 0. The number of aryl methyl sites for hydroxylation is 1. The molecule has 0 N–H and O–H groups in total. The van der Waals surface area contributed by atoms with Crippen molar-refractivity contribution in [1.29, 1.82) is 0 Å². The second kappa shape index (κ2) is 3.06. The van der Waals surface area contributed by atoms with E-state index in [2.05, 4.69) is 0 Å². The summed E-state index contributed by atoms with van der Waals surface area (Å²) in [6.45, 7) is 1.84. The molecule has 0 aliphatic carbocycles. The molecule has 1 aromatic rings. The maximum Gasteiger partial charge on any atom is 0.238 e. The van der Waals surface area contributed by atoms with Gasteiger partial charge < -0.3 is 0 Å². The van der Waals surface area contributed by atoms with Crippen LogP contribution < -0.4 is 0 Å². The topological polar surface area (TPSA) is 51.2 Å². The molecule has 0 atom stereocenters. The minimum absolute atomic E-state index is 0.0440. The van der Waals surface area contributed by atoms with Gasteiger partial charge in [-0.3, -0.25) is 4.79 Å². The molecule has 0 radical (unpaired) electrons. The van der Waals surface area contributed by atoms with Gasteiger partial charge in [-0.05, 0) is 19.1 Å². The molecule has 0 bridgehead atoms. The Balaban J connectivity index is 3.23. The van der Waals surface area contributed by atoms with Crippen LogP contribution in [0.4, 0.5) is 0 Å². The first kappa shape index (κ1) is 8.93. The standard InChI is InChI=1S/C8H8O3S/c1-7-2-4-8(5-3-7)12(10,11)6-9/h2-6H,1H3. The lowest BCUT2D eigenvalue weighted by atomic mass is 10.2. The quantitative estimate of drug-likeness (QED) is 0.643. The van der Waals surface area contributed by atoms with Crippen molar-refractivity contribution in [2.24, 2.45) is 0 Å². The van der Waals surface area contributed by atoms with Gasteiger partial charge in [0, 0.05) is 0 Å². The molecular formula is C8H8O3S. The van der Waals surface area contributed by atoms with Crippen LogP contribution in [-0.2, 0) is 14.6 Å². The first-order chi connectivity index (χ1) is 5.56. The van der Waals surface area contributed by atoms with E-state index < -0.39 is 9.84 Å². The van der Waals surface area contributed by atoms with Crippen molar-refractivity contribution in [3.63, 3.8) is 0 Å². The van der Waals surface area contributed by atoms with Gasteiger partial charge in [0.2, 0.25) is 15.5 Å². The van der Waals surface area contributed by atoms with Crippen molar-refractivity contribution in [2.75, 3.05) is 0 Å². The summed E-state index contributed by atoms with van der Waals surface area (Å²) in [7, 11) is -3.70. The number of rotatable bonds is 2. The van der Waals surface area contributed by atoms with Crippen molar-refractivity contribution in [1.82, 2.24) is 0 Å². The average Bonchev–Trinajstić information content (AvgIpc) is 2.05. The second-order valence-corrected chi connectivity index (χ2v) is 4.21. The molecule has 0 amide bonds. The zero-order valence-corrected chi connectivity index (χ0v) is 7.34. The third-order valence-corrected chi connectivity index (χ3v) is 2.66. The van der Waals surface area contributed by atoms with E-state index in [0.717, 1.165) is 5.56 Å². The minimum atomic E-state index is -3.70. The Kier molecular flexibility index (Phi) is 2.28. The fourth-order valence-corrected chi connectivity index (χ4v) is 1.41. The van der Waals surface area contributed by atoms with Crippen LogP contribution in [-0.4, -0.2) is 14.0 Å². The molecule has 3 nitrogen and oxygen atoms in total. The molecule has 0 saturated carbocycles. The van der Waals surface area contributed by atoms with E-state index in [1.165, 1.54) is 12.1 Å². The van der Waals surface area contributed by atoms with E-state index in [0.29, 0.717) is 0 Å². The van der Waals surface area contributed by atoms with Gasteiger partial charge in [0.15, 0.2) is 0 Å². The molecule has 0 saturated heterocycles. The van der Waals surface area contributed by atoms with Crippen LogP contribution in [0.3, 0.4) is 0 Å². The van der Waals surface area contributed by atoms with Crippen LogP contribution in [0.25, 0.3) is 0 Å². The Morgan fingerprint density at radius 2 is 1.67 bits per heavy atom. The van der Waals surface area contributed by atoms with Crippen molar-refractivity contribution in [3.8, 4) is 0 Å². The van der Waals surface area contributed by atoms with Gasteiger partial charge in [-0.2, -0.15) is 0 Å². The van der Waals surface area contributed by atoms with Gasteiger partial charge >= 0.3 is 0 Å². The van der Waals surface area contributed by atoms with E-state index in [-0.39, 0.29) is 10.5 Å². The Morgan fingerprint density at radius 1 is 1.17 bits per heavy atom. The monoisotopic (exact) mass is 184 g/mol. The minimum Gasteiger partial charge on any atom is -0.285 e. The molecule has 0 aliphatic rings. The van der Waals surface area contributed by atoms with Gasteiger partial charge in [-0.1, -0.05) is 17.7 Å². The molecule has 0 fully saturated rings. The molecule has 0 heterocycles. The third-order valence-electron chi connectivity index (χ3n) is 1.48. The molecule has 0 unspecified atom stereocenters. The van der Waals surface area contributed by atoms with Gasteiger partial charge in [0.25, 0.3) is 0 Å². The fraction of sp³-hybridized carbons (Fsp3) is 0.125. The summed E-state index contributed by atoms with van der Waals surface area (Å²) in [6.07, 6.45) is 0. The van der Waals surface area contributed by atoms with Crippen molar-refractivity contribution in [3.05, 3.63) is 29.8 Å². The van der Waals surface area contributed by atoms with Crippen LogP contribution in [0.15, 0.2) is 29.2 Å². The molecule has 64 valence electrons. The lowest BCUT2D eigenvalue weighted by Gasteiger charge is -1.95. The highest BCUT2D eigenvalue weighted by atomic mass is 32.2. The predicted octanol–water partition coefficient (Wildman–Crippen LogP) is 0.959. The van der Waals surface area contributed by atoms with Gasteiger partial charge in [0.1, 0.15) is 0 Å². The average molecular weight is 184 g/mol. The molecular weight excluding hydrogens is 176 g/mol. The Labute approximate surface area is 70.9 Å². The molecule has 12 heavy (non-hydrogen) atoms. The molecule has 4 heteroatoms. The zero-order chi connectivity index (χ0) is 9.19. The smallest absolute Gasteiger partial charge is 0.238 e. The predicted molar refractivity (Wildman–Crippen MR) is 45.1 cm³/mol. The molecule has 1 rings (SSSR count). The number of carbonyl (C=O) groups excluding carboxylic acids is 1. The summed E-state index contributed by atoms with van der Waals surface area (Å²) in [6, 6.07) is 6.13. The van der Waals surface area contributed by atoms with Crippen LogP contribution in [0.2, 0.25) is 0 Å². The maximum atomic E-state index is 10.9. The fourth-order valence-electron chi connectivity index (χ4n) is 0.784. The van der Waals surface area contributed by atoms with Crippen LogP contribution >= 0.6 is 0 Å². The number of benzene rings is 1.